The number of hydrogen-bond donors (Lipinski definition) is 2. The van der Waals surface area contributed by atoms with Gasteiger partial charge in [-0.1, -0.05) is 60.7 Å². The number of nitrogens with one attached hydrogen (secondary N) is 1. The van der Waals surface area contributed by atoms with Crippen LogP contribution in [0.25, 0.3) is 21.8 Å². The summed E-state index contributed by atoms with van der Waals surface area (Å²) < 4.78 is 1.96. The Morgan fingerprint density at radius 2 is 1.57 bits per heavy atom. The number of fused-ring (bicyclic) bond motifs is 3. The summed E-state index contributed by atoms with van der Waals surface area (Å²) in [5.74, 6) is -2.32. The van der Waals surface area contributed by atoms with E-state index < -0.39 is 23.6 Å². The number of Topliss-reactive ketones (excluding diaryl/α,β-unsaturated/α-hetero) is 1. The van der Waals surface area contributed by atoms with E-state index in [9.17, 15) is 14.4 Å². The molecule has 0 bridgehead atoms. The molecule has 0 aliphatic carbocycles. The predicted octanol–water partition coefficient (Wildman–Crippen LogP) is 2.73. The zero-order chi connectivity index (χ0) is 21.3. The number of aromatic nitrogens is 1. The van der Waals surface area contributed by atoms with Crippen LogP contribution in [-0.2, 0) is 23.1 Å². The molecule has 0 spiro atoms. The fourth-order valence-corrected chi connectivity index (χ4v) is 3.89. The molecule has 30 heavy (non-hydrogen) atoms. The molecule has 1 heterocycles. The Hall–Kier alpha value is -3.93. The zero-order valence-corrected chi connectivity index (χ0v) is 16.5. The van der Waals surface area contributed by atoms with Gasteiger partial charge in [0.2, 0.25) is 5.78 Å². The van der Waals surface area contributed by atoms with E-state index in [4.69, 9.17) is 5.73 Å². The monoisotopic (exact) mass is 399 g/mol. The summed E-state index contributed by atoms with van der Waals surface area (Å²) in [5, 5.41) is 4.71. The summed E-state index contributed by atoms with van der Waals surface area (Å²) >= 11 is 0. The lowest BCUT2D eigenvalue weighted by molar-refractivity contribution is -0.137. The minimum Gasteiger partial charge on any atom is -0.363 e. The van der Waals surface area contributed by atoms with Crippen LogP contribution >= 0.6 is 0 Å². The topological polar surface area (TPSA) is 94.2 Å². The lowest BCUT2D eigenvalue weighted by atomic mass is 10.0. The van der Waals surface area contributed by atoms with Gasteiger partial charge in [0, 0.05) is 29.8 Å². The Labute approximate surface area is 173 Å². The van der Waals surface area contributed by atoms with Crippen molar-refractivity contribution < 1.29 is 14.4 Å². The maximum Gasteiger partial charge on any atom is 0.287 e. The standard InChI is InChI=1S/C24H21N3O3/c1-27-20-13-6-5-10-16(20)17-11-7-12-18(21(17)27)24(30)26-19(22(28)23(25)29)14-15-8-3-2-4-9-15/h2-13,19H,14H2,1H3,(H2,25,29)(H,26,30). The number of primary amides is 1. The van der Waals surface area contributed by atoms with Gasteiger partial charge in [-0.2, -0.15) is 0 Å². The van der Waals surface area contributed by atoms with Gasteiger partial charge in [-0.25, -0.2) is 0 Å². The lowest BCUT2D eigenvalue weighted by Crippen LogP contribution is -2.47. The number of carbonyl (C=O) groups excluding carboxylic acids is 3. The van der Waals surface area contributed by atoms with Gasteiger partial charge >= 0.3 is 0 Å². The molecular weight excluding hydrogens is 378 g/mol. The van der Waals surface area contributed by atoms with Gasteiger partial charge in [0.15, 0.2) is 0 Å². The van der Waals surface area contributed by atoms with Crippen molar-refractivity contribution in [2.75, 3.05) is 0 Å². The highest BCUT2D eigenvalue weighted by molar-refractivity contribution is 6.38. The Morgan fingerprint density at radius 3 is 2.30 bits per heavy atom. The summed E-state index contributed by atoms with van der Waals surface area (Å²) in [7, 11) is 1.90. The highest BCUT2D eigenvalue weighted by Gasteiger charge is 2.27. The van der Waals surface area contributed by atoms with Crippen molar-refractivity contribution >= 4 is 39.4 Å². The van der Waals surface area contributed by atoms with Crippen LogP contribution in [0, 0.1) is 0 Å². The smallest absolute Gasteiger partial charge is 0.287 e. The number of nitrogens with zero attached hydrogens (tertiary/aromatic N) is 1. The molecule has 0 aliphatic rings. The van der Waals surface area contributed by atoms with Crippen LogP contribution < -0.4 is 11.1 Å². The van der Waals surface area contributed by atoms with Crippen molar-refractivity contribution in [3.8, 4) is 0 Å². The molecule has 1 unspecified atom stereocenters. The largest absolute Gasteiger partial charge is 0.363 e. The van der Waals surface area contributed by atoms with Crippen LogP contribution in [0.4, 0.5) is 0 Å². The third-order valence-electron chi connectivity index (χ3n) is 5.32. The van der Waals surface area contributed by atoms with Gasteiger partial charge in [-0.05, 0) is 17.7 Å². The highest BCUT2D eigenvalue weighted by Crippen LogP contribution is 2.30. The molecular formula is C24H21N3O3. The molecule has 0 aliphatic heterocycles. The van der Waals surface area contributed by atoms with Crippen molar-refractivity contribution in [3.05, 3.63) is 83.9 Å². The van der Waals surface area contributed by atoms with Crippen LogP contribution in [0.3, 0.4) is 0 Å². The van der Waals surface area contributed by atoms with Gasteiger partial charge in [-0.15, -0.1) is 0 Å². The van der Waals surface area contributed by atoms with Gasteiger partial charge in [0.1, 0.15) is 6.04 Å². The molecule has 6 heteroatoms. The Kier molecular flexibility index (Phi) is 5.06. The van der Waals surface area contributed by atoms with E-state index in [2.05, 4.69) is 5.32 Å². The van der Waals surface area contributed by atoms with E-state index in [0.29, 0.717) is 5.56 Å². The summed E-state index contributed by atoms with van der Waals surface area (Å²) in [4.78, 5) is 37.1. The molecule has 0 radical (unpaired) electrons. The molecule has 2 amide bonds. The van der Waals surface area contributed by atoms with Gasteiger partial charge < -0.3 is 15.6 Å². The van der Waals surface area contributed by atoms with E-state index >= 15 is 0 Å². The molecule has 0 fully saturated rings. The molecule has 0 saturated heterocycles. The fourth-order valence-electron chi connectivity index (χ4n) is 3.89. The lowest BCUT2D eigenvalue weighted by Gasteiger charge is -2.17. The van der Waals surface area contributed by atoms with Gasteiger partial charge in [0.25, 0.3) is 11.8 Å². The van der Waals surface area contributed by atoms with Gasteiger partial charge in [0.05, 0.1) is 11.1 Å². The Morgan fingerprint density at radius 1 is 0.900 bits per heavy atom. The SMILES string of the molecule is Cn1c2ccccc2c2cccc(C(=O)NC(Cc3ccccc3)C(=O)C(N)=O)c21. The molecule has 1 atom stereocenters. The Balaban J connectivity index is 1.73. The molecule has 3 aromatic carbocycles. The Bertz CT molecular complexity index is 1280. The maximum absolute atomic E-state index is 13.2. The number of rotatable bonds is 6. The molecule has 6 nitrogen and oxygen atoms in total. The molecule has 0 saturated carbocycles. The van der Waals surface area contributed by atoms with E-state index in [1.165, 1.54) is 0 Å². The third-order valence-corrected chi connectivity index (χ3v) is 5.32. The van der Waals surface area contributed by atoms with Crippen molar-refractivity contribution in [1.82, 2.24) is 9.88 Å². The predicted molar refractivity (Wildman–Crippen MR) is 116 cm³/mol. The number of amides is 2. The zero-order valence-electron chi connectivity index (χ0n) is 16.5. The number of aryl methyl sites for hydroxylation is 1. The van der Waals surface area contributed by atoms with Crippen LogP contribution in [0.5, 0.6) is 0 Å². The van der Waals surface area contributed by atoms with E-state index in [1.54, 1.807) is 6.07 Å². The first kappa shape index (κ1) is 19.4. The van der Waals surface area contributed by atoms with Crippen molar-refractivity contribution in [2.45, 2.75) is 12.5 Å². The van der Waals surface area contributed by atoms with E-state index in [-0.39, 0.29) is 6.42 Å². The first-order valence-corrected chi connectivity index (χ1v) is 9.62. The van der Waals surface area contributed by atoms with E-state index in [1.807, 2.05) is 78.3 Å². The quantitative estimate of drug-likeness (QED) is 0.488. The maximum atomic E-state index is 13.2. The average molecular weight is 399 g/mol. The van der Waals surface area contributed by atoms with Crippen molar-refractivity contribution in [2.24, 2.45) is 12.8 Å². The normalized spacial score (nSPS) is 12.0. The number of benzene rings is 3. The number of nitrogens with two attached hydrogens (primary N) is 1. The van der Waals surface area contributed by atoms with Crippen molar-refractivity contribution in [3.63, 3.8) is 0 Å². The first-order valence-electron chi connectivity index (χ1n) is 9.62. The van der Waals surface area contributed by atoms with Crippen LogP contribution in [0.15, 0.2) is 72.8 Å². The second-order valence-electron chi connectivity index (χ2n) is 7.22. The number of ketones is 1. The first-order chi connectivity index (χ1) is 14.5. The molecule has 1 aromatic heterocycles. The summed E-state index contributed by atoms with van der Waals surface area (Å²) in [6, 6.07) is 21.5. The molecule has 4 aromatic rings. The second kappa shape index (κ2) is 7.83. The van der Waals surface area contributed by atoms with E-state index in [0.717, 1.165) is 27.4 Å². The minimum absolute atomic E-state index is 0.180. The molecule has 3 N–H and O–H groups in total. The highest BCUT2D eigenvalue weighted by atomic mass is 16.2. The summed E-state index contributed by atoms with van der Waals surface area (Å²) in [6.07, 6.45) is 0.180. The van der Waals surface area contributed by atoms with Crippen LogP contribution in [0.1, 0.15) is 15.9 Å². The summed E-state index contributed by atoms with van der Waals surface area (Å²) in [5.41, 5.74) is 8.24. The summed E-state index contributed by atoms with van der Waals surface area (Å²) in [6.45, 7) is 0. The van der Waals surface area contributed by atoms with Crippen LogP contribution in [-0.4, -0.2) is 28.2 Å². The number of carbonyl (C=O) groups is 3. The molecule has 4 rings (SSSR count). The second-order valence-corrected chi connectivity index (χ2v) is 7.22. The number of para-hydroxylation sites is 2. The number of hydrogen-bond acceptors (Lipinski definition) is 3. The third kappa shape index (κ3) is 3.43. The van der Waals surface area contributed by atoms with Crippen LogP contribution in [0.2, 0.25) is 0 Å². The molecule has 150 valence electrons. The fraction of sp³-hybridized carbons (Fsp3) is 0.125. The van der Waals surface area contributed by atoms with Gasteiger partial charge in [-0.3, -0.25) is 14.4 Å². The average Bonchev–Trinajstić information content (AvgIpc) is 3.06. The minimum atomic E-state index is -1.07. The van der Waals surface area contributed by atoms with Crippen molar-refractivity contribution in [1.29, 1.82) is 0 Å².